The Labute approximate surface area is 172 Å². The van der Waals surface area contributed by atoms with E-state index in [9.17, 15) is 4.79 Å². The number of rotatable bonds is 7. The van der Waals surface area contributed by atoms with E-state index in [2.05, 4.69) is 10.3 Å². The summed E-state index contributed by atoms with van der Waals surface area (Å²) in [4.78, 5) is 17.2. The van der Waals surface area contributed by atoms with Crippen LogP contribution < -0.4 is 5.32 Å². The van der Waals surface area contributed by atoms with E-state index in [0.29, 0.717) is 28.9 Å². The van der Waals surface area contributed by atoms with Crippen LogP contribution in [0.3, 0.4) is 0 Å². The molecule has 0 aliphatic rings. The second-order valence-electron chi connectivity index (χ2n) is 5.90. The van der Waals surface area contributed by atoms with Gasteiger partial charge in [0.15, 0.2) is 5.16 Å². The molecule has 1 atom stereocenters. The second kappa shape index (κ2) is 8.97. The highest BCUT2D eigenvalue weighted by Crippen LogP contribution is 2.30. The number of nitrogens with zero attached hydrogens (tertiary/aromatic N) is 2. The van der Waals surface area contributed by atoms with Crippen LogP contribution in [0, 0.1) is 0 Å². The highest BCUT2D eigenvalue weighted by atomic mass is 35.5. The van der Waals surface area contributed by atoms with Crippen molar-refractivity contribution in [2.45, 2.75) is 23.9 Å². The summed E-state index contributed by atoms with van der Waals surface area (Å²) in [6.45, 7) is 3.02. The number of hydrogen-bond donors (Lipinski definition) is 1. The van der Waals surface area contributed by atoms with Crippen LogP contribution in [0.25, 0.3) is 11.0 Å². The standard InChI is InChI=1S/C19H19Cl2N3O2S/c1-12(18(25)22-15-6-4-3-5-14(15)21)27-19-23-16-11-13(20)7-8-17(16)24(19)9-10-26-2/h3-8,11-12H,9-10H2,1-2H3,(H,22,25). The van der Waals surface area contributed by atoms with Gasteiger partial charge in [0.05, 0.1) is 33.6 Å². The van der Waals surface area contributed by atoms with Gasteiger partial charge in [0, 0.05) is 18.7 Å². The van der Waals surface area contributed by atoms with Crippen LogP contribution in [0.2, 0.25) is 10.0 Å². The monoisotopic (exact) mass is 423 g/mol. The third-order valence-electron chi connectivity index (χ3n) is 3.98. The number of anilines is 1. The Kier molecular flexibility index (Phi) is 6.65. The van der Waals surface area contributed by atoms with Crippen LogP contribution >= 0.6 is 35.0 Å². The van der Waals surface area contributed by atoms with Gasteiger partial charge in [-0.05, 0) is 37.3 Å². The molecule has 0 bridgehead atoms. The predicted octanol–water partition coefficient (Wildman–Crippen LogP) is 5.11. The van der Waals surface area contributed by atoms with Crippen molar-refractivity contribution in [3.8, 4) is 0 Å². The Bertz CT molecular complexity index is 961. The van der Waals surface area contributed by atoms with E-state index in [-0.39, 0.29) is 11.2 Å². The molecule has 0 fully saturated rings. The summed E-state index contributed by atoms with van der Waals surface area (Å²) >= 11 is 13.6. The van der Waals surface area contributed by atoms with Crippen molar-refractivity contribution < 1.29 is 9.53 Å². The van der Waals surface area contributed by atoms with Crippen molar-refractivity contribution in [2.24, 2.45) is 0 Å². The molecule has 0 saturated carbocycles. The number of hydrogen-bond acceptors (Lipinski definition) is 4. The number of benzene rings is 2. The molecule has 1 aromatic heterocycles. The van der Waals surface area contributed by atoms with E-state index in [1.807, 2.05) is 41.8 Å². The Morgan fingerprint density at radius 1 is 1.30 bits per heavy atom. The van der Waals surface area contributed by atoms with Gasteiger partial charge in [0.1, 0.15) is 0 Å². The number of halogens is 2. The number of para-hydroxylation sites is 1. The largest absolute Gasteiger partial charge is 0.383 e. The molecule has 0 saturated heterocycles. The van der Waals surface area contributed by atoms with Crippen molar-refractivity contribution >= 4 is 57.6 Å². The van der Waals surface area contributed by atoms with E-state index in [4.69, 9.17) is 27.9 Å². The van der Waals surface area contributed by atoms with E-state index in [1.54, 1.807) is 19.2 Å². The van der Waals surface area contributed by atoms with Crippen LogP contribution in [-0.4, -0.2) is 34.4 Å². The average molecular weight is 424 g/mol. The van der Waals surface area contributed by atoms with Gasteiger partial charge in [-0.1, -0.05) is 47.1 Å². The number of carbonyl (C=O) groups is 1. The summed E-state index contributed by atoms with van der Waals surface area (Å²) in [5, 5.41) is 4.37. The number of aromatic nitrogens is 2. The molecule has 1 unspecified atom stereocenters. The molecule has 142 valence electrons. The highest BCUT2D eigenvalue weighted by Gasteiger charge is 2.20. The Morgan fingerprint density at radius 2 is 2.07 bits per heavy atom. The Morgan fingerprint density at radius 3 is 2.81 bits per heavy atom. The van der Waals surface area contributed by atoms with Gasteiger partial charge in [0.25, 0.3) is 0 Å². The van der Waals surface area contributed by atoms with Crippen molar-refractivity contribution in [2.75, 3.05) is 19.0 Å². The lowest BCUT2D eigenvalue weighted by molar-refractivity contribution is -0.115. The normalized spacial score (nSPS) is 12.3. The van der Waals surface area contributed by atoms with Gasteiger partial charge in [-0.15, -0.1) is 0 Å². The number of thioether (sulfide) groups is 1. The first-order valence-corrected chi connectivity index (χ1v) is 10.00. The van der Waals surface area contributed by atoms with Gasteiger partial charge in [-0.25, -0.2) is 4.98 Å². The van der Waals surface area contributed by atoms with Gasteiger partial charge in [-0.3, -0.25) is 4.79 Å². The fraction of sp³-hybridized carbons (Fsp3) is 0.263. The summed E-state index contributed by atoms with van der Waals surface area (Å²) < 4.78 is 7.25. The first-order valence-electron chi connectivity index (χ1n) is 8.36. The zero-order chi connectivity index (χ0) is 19.4. The zero-order valence-corrected chi connectivity index (χ0v) is 17.2. The Balaban J connectivity index is 1.82. The summed E-state index contributed by atoms with van der Waals surface area (Å²) in [5.41, 5.74) is 2.34. The van der Waals surface area contributed by atoms with Crippen LogP contribution in [0.1, 0.15) is 6.92 Å². The quantitative estimate of drug-likeness (QED) is 0.536. The lowest BCUT2D eigenvalue weighted by Gasteiger charge is -2.14. The molecule has 3 aromatic rings. The SMILES string of the molecule is COCCn1c(SC(C)C(=O)Nc2ccccc2Cl)nc2cc(Cl)ccc21. The second-order valence-corrected chi connectivity index (χ2v) is 8.05. The summed E-state index contributed by atoms with van der Waals surface area (Å²) in [5.74, 6) is -0.142. The molecule has 3 rings (SSSR count). The third-order valence-corrected chi connectivity index (χ3v) is 5.63. The number of carbonyl (C=O) groups excluding carboxylic acids is 1. The van der Waals surface area contributed by atoms with Crippen LogP contribution in [-0.2, 0) is 16.1 Å². The number of methoxy groups -OCH3 is 1. The molecule has 5 nitrogen and oxygen atoms in total. The smallest absolute Gasteiger partial charge is 0.237 e. The molecule has 1 N–H and O–H groups in total. The summed E-state index contributed by atoms with van der Waals surface area (Å²) in [6.07, 6.45) is 0. The van der Waals surface area contributed by atoms with Crippen LogP contribution in [0.4, 0.5) is 5.69 Å². The van der Waals surface area contributed by atoms with E-state index in [0.717, 1.165) is 16.2 Å². The lowest BCUT2D eigenvalue weighted by atomic mass is 10.3. The van der Waals surface area contributed by atoms with Crippen molar-refractivity contribution in [3.63, 3.8) is 0 Å². The molecule has 0 aliphatic heterocycles. The predicted molar refractivity (Wildman–Crippen MR) is 112 cm³/mol. The maximum atomic E-state index is 12.6. The van der Waals surface area contributed by atoms with E-state index >= 15 is 0 Å². The molecule has 8 heteroatoms. The topological polar surface area (TPSA) is 56.1 Å². The molecular formula is C19H19Cl2N3O2S. The Hall–Kier alpha value is -1.73. The van der Waals surface area contributed by atoms with Gasteiger partial charge in [0.2, 0.25) is 5.91 Å². The van der Waals surface area contributed by atoms with E-state index in [1.165, 1.54) is 11.8 Å². The third kappa shape index (κ3) is 4.76. The first kappa shape index (κ1) is 20.0. The molecule has 1 heterocycles. The molecule has 2 aromatic carbocycles. The number of ether oxygens (including phenoxy) is 1. The maximum Gasteiger partial charge on any atom is 0.237 e. The molecule has 0 radical (unpaired) electrons. The van der Waals surface area contributed by atoms with Crippen molar-refractivity contribution in [1.29, 1.82) is 0 Å². The minimum Gasteiger partial charge on any atom is -0.383 e. The van der Waals surface area contributed by atoms with Gasteiger partial charge in [-0.2, -0.15) is 0 Å². The van der Waals surface area contributed by atoms with Gasteiger partial charge >= 0.3 is 0 Å². The number of nitrogens with one attached hydrogen (secondary N) is 1. The minimum atomic E-state index is -0.366. The zero-order valence-electron chi connectivity index (χ0n) is 14.9. The molecule has 27 heavy (non-hydrogen) atoms. The van der Waals surface area contributed by atoms with Crippen LogP contribution in [0.5, 0.6) is 0 Å². The molecule has 1 amide bonds. The summed E-state index contributed by atoms with van der Waals surface area (Å²) in [6, 6.07) is 12.7. The fourth-order valence-electron chi connectivity index (χ4n) is 2.58. The molecule has 0 spiro atoms. The number of imidazole rings is 1. The maximum absolute atomic E-state index is 12.6. The first-order chi connectivity index (χ1) is 13.0. The molecule has 0 aliphatic carbocycles. The summed E-state index contributed by atoms with van der Waals surface area (Å²) in [7, 11) is 1.66. The average Bonchev–Trinajstić information content (AvgIpc) is 2.97. The van der Waals surface area contributed by atoms with Crippen molar-refractivity contribution in [3.05, 3.63) is 52.5 Å². The van der Waals surface area contributed by atoms with Crippen LogP contribution in [0.15, 0.2) is 47.6 Å². The fourth-order valence-corrected chi connectivity index (χ4v) is 3.88. The number of fused-ring (bicyclic) bond motifs is 1. The molecular weight excluding hydrogens is 405 g/mol. The van der Waals surface area contributed by atoms with E-state index < -0.39 is 0 Å². The highest BCUT2D eigenvalue weighted by molar-refractivity contribution is 8.00. The van der Waals surface area contributed by atoms with Crippen molar-refractivity contribution in [1.82, 2.24) is 9.55 Å². The minimum absolute atomic E-state index is 0.142. The lowest BCUT2D eigenvalue weighted by Crippen LogP contribution is -2.23. The van der Waals surface area contributed by atoms with Gasteiger partial charge < -0.3 is 14.6 Å². The number of amides is 1.